The molecule has 0 spiro atoms. The van der Waals surface area contributed by atoms with Crippen LogP contribution in [-0.4, -0.2) is 55.6 Å². The van der Waals surface area contributed by atoms with Gasteiger partial charge in [0.15, 0.2) is 5.96 Å². The van der Waals surface area contributed by atoms with Crippen molar-refractivity contribution in [3.63, 3.8) is 0 Å². The van der Waals surface area contributed by atoms with Crippen molar-refractivity contribution >= 4 is 35.8 Å². The summed E-state index contributed by atoms with van der Waals surface area (Å²) in [5.41, 5.74) is -0.796. The first kappa shape index (κ1) is 26.3. The number of rotatable bonds is 7. The zero-order valence-electron chi connectivity index (χ0n) is 17.5. The normalized spacial score (nSPS) is 17.0. The van der Waals surface area contributed by atoms with Crippen LogP contribution in [0.25, 0.3) is 0 Å². The molecule has 30 heavy (non-hydrogen) atoms. The molecule has 170 valence electrons. The molecule has 0 bridgehead atoms. The number of amides is 1. The second-order valence-electron chi connectivity index (χ2n) is 7.17. The van der Waals surface area contributed by atoms with Gasteiger partial charge in [-0.1, -0.05) is 26.0 Å². The number of benzene rings is 1. The molecule has 1 unspecified atom stereocenters. The summed E-state index contributed by atoms with van der Waals surface area (Å²) in [6, 6.07) is 5.21. The third-order valence-corrected chi connectivity index (χ3v) is 4.49. The highest BCUT2D eigenvalue weighted by molar-refractivity contribution is 14.0. The van der Waals surface area contributed by atoms with Crippen LogP contribution in [0, 0.1) is 5.92 Å². The number of nitrogens with one attached hydrogen (secondary N) is 2. The van der Waals surface area contributed by atoms with Crippen LogP contribution in [-0.2, 0) is 11.0 Å². The van der Waals surface area contributed by atoms with Gasteiger partial charge in [0.25, 0.3) is 0 Å². The Morgan fingerprint density at radius 2 is 2.03 bits per heavy atom. The number of hydrogen-bond donors (Lipinski definition) is 2. The summed E-state index contributed by atoms with van der Waals surface area (Å²) in [7, 11) is 0. The minimum absolute atomic E-state index is 0. The summed E-state index contributed by atoms with van der Waals surface area (Å²) in [5, 5.41) is 6.39. The number of aliphatic imine (C=N–C) groups is 1. The van der Waals surface area contributed by atoms with E-state index >= 15 is 0 Å². The Bertz CT molecular complexity index is 714. The molecule has 1 fully saturated rings. The Kier molecular flexibility index (Phi) is 10.7. The zero-order chi connectivity index (χ0) is 21.4. The summed E-state index contributed by atoms with van der Waals surface area (Å²) in [5.74, 6) is 0.455. The lowest BCUT2D eigenvalue weighted by atomic mass is 10.2. The van der Waals surface area contributed by atoms with E-state index in [2.05, 4.69) is 15.6 Å². The third-order valence-electron chi connectivity index (χ3n) is 4.49. The lowest BCUT2D eigenvalue weighted by Gasteiger charge is -2.20. The van der Waals surface area contributed by atoms with Crippen molar-refractivity contribution in [2.75, 3.05) is 32.8 Å². The van der Waals surface area contributed by atoms with E-state index in [-0.39, 0.29) is 60.7 Å². The van der Waals surface area contributed by atoms with Crippen LogP contribution in [0.1, 0.15) is 32.8 Å². The SMILES string of the molecule is CCNC(=NCCOc1ccccc1C(F)(F)F)NC1CCN(C(=O)C(C)C)C1.I. The summed E-state index contributed by atoms with van der Waals surface area (Å²) < 4.78 is 44.3. The van der Waals surface area contributed by atoms with Crippen LogP contribution in [0.5, 0.6) is 5.75 Å². The van der Waals surface area contributed by atoms with Crippen molar-refractivity contribution in [3.8, 4) is 5.75 Å². The second kappa shape index (κ2) is 12.2. The number of ether oxygens (including phenoxy) is 1. The number of alkyl halides is 3. The van der Waals surface area contributed by atoms with E-state index in [1.807, 2.05) is 25.7 Å². The number of nitrogens with zero attached hydrogens (tertiary/aromatic N) is 2. The number of halogens is 4. The fourth-order valence-electron chi connectivity index (χ4n) is 3.10. The predicted molar refractivity (Wildman–Crippen MR) is 121 cm³/mol. The molecule has 1 atom stereocenters. The van der Waals surface area contributed by atoms with Gasteiger partial charge < -0.3 is 20.3 Å². The number of guanidine groups is 1. The van der Waals surface area contributed by atoms with Gasteiger partial charge in [0.05, 0.1) is 12.1 Å². The molecule has 0 saturated carbocycles. The van der Waals surface area contributed by atoms with E-state index in [9.17, 15) is 18.0 Å². The maximum atomic E-state index is 13.0. The van der Waals surface area contributed by atoms with Gasteiger partial charge in [-0.25, -0.2) is 4.99 Å². The van der Waals surface area contributed by atoms with Crippen LogP contribution >= 0.6 is 24.0 Å². The van der Waals surface area contributed by atoms with E-state index in [0.29, 0.717) is 25.6 Å². The van der Waals surface area contributed by atoms with Gasteiger partial charge in [-0.2, -0.15) is 13.2 Å². The first-order valence-corrected chi connectivity index (χ1v) is 9.85. The van der Waals surface area contributed by atoms with E-state index in [4.69, 9.17) is 4.74 Å². The van der Waals surface area contributed by atoms with Gasteiger partial charge in [0, 0.05) is 31.6 Å². The Balaban J connectivity index is 0.00000450. The fourth-order valence-corrected chi connectivity index (χ4v) is 3.10. The number of likely N-dealkylation sites (tertiary alicyclic amines) is 1. The van der Waals surface area contributed by atoms with E-state index in [1.54, 1.807) is 0 Å². The van der Waals surface area contributed by atoms with Gasteiger partial charge in [-0.3, -0.25) is 4.79 Å². The fraction of sp³-hybridized carbons (Fsp3) is 0.600. The van der Waals surface area contributed by atoms with Gasteiger partial charge in [-0.05, 0) is 25.5 Å². The highest BCUT2D eigenvalue weighted by Gasteiger charge is 2.34. The Labute approximate surface area is 192 Å². The van der Waals surface area contributed by atoms with Gasteiger partial charge in [0.1, 0.15) is 12.4 Å². The Morgan fingerprint density at radius 1 is 1.33 bits per heavy atom. The predicted octanol–water partition coefficient (Wildman–Crippen LogP) is 3.51. The molecule has 1 aliphatic rings. The zero-order valence-corrected chi connectivity index (χ0v) is 19.8. The van der Waals surface area contributed by atoms with Crippen LogP contribution in [0.4, 0.5) is 13.2 Å². The molecule has 1 saturated heterocycles. The van der Waals surface area contributed by atoms with Crippen LogP contribution in [0.15, 0.2) is 29.3 Å². The molecule has 0 radical (unpaired) electrons. The number of para-hydroxylation sites is 1. The highest BCUT2D eigenvalue weighted by atomic mass is 127. The highest BCUT2D eigenvalue weighted by Crippen LogP contribution is 2.35. The smallest absolute Gasteiger partial charge is 0.419 e. The topological polar surface area (TPSA) is 66.0 Å². The summed E-state index contributed by atoms with van der Waals surface area (Å²) in [4.78, 5) is 18.3. The summed E-state index contributed by atoms with van der Waals surface area (Å²) in [6.07, 6.45) is -3.64. The van der Waals surface area contributed by atoms with Crippen molar-refractivity contribution in [1.29, 1.82) is 0 Å². The van der Waals surface area contributed by atoms with Gasteiger partial charge in [0.2, 0.25) is 5.91 Å². The minimum atomic E-state index is -4.46. The summed E-state index contributed by atoms with van der Waals surface area (Å²) >= 11 is 0. The average molecular weight is 542 g/mol. The minimum Gasteiger partial charge on any atom is -0.491 e. The molecule has 1 amide bonds. The maximum Gasteiger partial charge on any atom is 0.419 e. The Hall–Kier alpha value is -1.72. The maximum absolute atomic E-state index is 13.0. The van der Waals surface area contributed by atoms with Gasteiger partial charge >= 0.3 is 6.18 Å². The first-order valence-electron chi connectivity index (χ1n) is 9.85. The molecule has 2 rings (SSSR count). The van der Waals surface area contributed by atoms with Crippen molar-refractivity contribution in [1.82, 2.24) is 15.5 Å². The van der Waals surface area contributed by atoms with Crippen molar-refractivity contribution in [2.45, 2.75) is 39.4 Å². The van der Waals surface area contributed by atoms with Crippen molar-refractivity contribution in [3.05, 3.63) is 29.8 Å². The molecule has 10 heteroatoms. The quantitative estimate of drug-likeness (QED) is 0.240. The molecule has 2 N–H and O–H groups in total. The lowest BCUT2D eigenvalue weighted by Crippen LogP contribution is -2.45. The molecular formula is C20H30F3IN4O2. The Morgan fingerprint density at radius 3 is 2.67 bits per heavy atom. The standard InChI is InChI=1S/C20H29F3N4O2.HI/c1-4-24-19(26-15-9-11-27(13-15)18(28)14(2)3)25-10-12-29-17-8-6-5-7-16(17)20(21,22)23;/h5-8,14-15H,4,9-13H2,1-3H3,(H2,24,25,26);1H. The number of carbonyl (C=O) groups is 1. The average Bonchev–Trinajstić information content (AvgIpc) is 3.12. The van der Waals surface area contributed by atoms with Crippen molar-refractivity contribution in [2.24, 2.45) is 10.9 Å². The van der Waals surface area contributed by atoms with E-state index < -0.39 is 11.7 Å². The molecule has 1 aromatic rings. The van der Waals surface area contributed by atoms with Crippen molar-refractivity contribution < 1.29 is 22.7 Å². The molecule has 1 aromatic carbocycles. The first-order chi connectivity index (χ1) is 13.7. The van der Waals surface area contributed by atoms with Crippen LogP contribution in [0.3, 0.4) is 0 Å². The molecule has 0 aromatic heterocycles. The van der Waals surface area contributed by atoms with E-state index in [1.165, 1.54) is 18.2 Å². The molecule has 6 nitrogen and oxygen atoms in total. The third kappa shape index (κ3) is 7.84. The van der Waals surface area contributed by atoms with Crippen LogP contribution in [0.2, 0.25) is 0 Å². The van der Waals surface area contributed by atoms with E-state index in [0.717, 1.165) is 12.5 Å². The summed E-state index contributed by atoms with van der Waals surface area (Å²) in [6.45, 7) is 7.86. The molecule has 1 aliphatic heterocycles. The molecule has 0 aliphatic carbocycles. The molecule has 1 heterocycles. The van der Waals surface area contributed by atoms with Gasteiger partial charge in [-0.15, -0.1) is 24.0 Å². The number of carbonyl (C=O) groups excluding carboxylic acids is 1. The lowest BCUT2D eigenvalue weighted by molar-refractivity contribution is -0.139. The largest absolute Gasteiger partial charge is 0.491 e. The van der Waals surface area contributed by atoms with Crippen LogP contribution < -0.4 is 15.4 Å². The second-order valence-corrected chi connectivity index (χ2v) is 7.17. The monoisotopic (exact) mass is 542 g/mol. The molecular weight excluding hydrogens is 512 g/mol. The number of hydrogen-bond acceptors (Lipinski definition) is 3.